The molecule has 2 atom stereocenters. The van der Waals surface area contributed by atoms with E-state index in [9.17, 15) is 20.3 Å². The molecule has 0 amide bonds. The monoisotopic (exact) mass is 217 g/mol. The van der Waals surface area contributed by atoms with Crippen LogP contribution in [0.1, 0.15) is 40.0 Å². The third-order valence-corrected chi connectivity index (χ3v) is 3.76. The lowest BCUT2D eigenvalue weighted by molar-refractivity contribution is -0.614. The zero-order chi connectivity index (χ0) is 11.9. The molecule has 0 aliphatic heterocycles. The fourth-order valence-corrected chi connectivity index (χ4v) is 2.16. The first-order chi connectivity index (χ1) is 6.71. The first-order valence-corrected chi connectivity index (χ1v) is 5.30. The number of nitrogens with zero attached hydrogens (tertiary/aromatic N) is 1. The van der Waals surface area contributed by atoms with E-state index in [1.807, 2.05) is 13.8 Å². The maximum atomic E-state index is 10.9. The van der Waals surface area contributed by atoms with Crippen molar-refractivity contribution >= 4 is 0 Å². The smallest absolute Gasteiger partial charge is 0.271 e. The molecule has 0 aromatic rings. The van der Waals surface area contributed by atoms with Gasteiger partial charge in [-0.1, -0.05) is 13.8 Å². The number of aliphatic hydroxyl groups is 2. The maximum absolute atomic E-state index is 10.9. The van der Waals surface area contributed by atoms with Gasteiger partial charge >= 0.3 is 0 Å². The van der Waals surface area contributed by atoms with Gasteiger partial charge in [-0.05, 0) is 18.3 Å². The van der Waals surface area contributed by atoms with Crippen molar-refractivity contribution in [3.8, 4) is 0 Å². The minimum Gasteiger partial charge on any atom is -0.360 e. The molecule has 1 fully saturated rings. The second kappa shape index (κ2) is 3.72. The summed E-state index contributed by atoms with van der Waals surface area (Å²) in [5.41, 5.74) is -1.63. The molecule has 1 aliphatic rings. The average Bonchev–Trinajstić information content (AvgIpc) is 2.08. The quantitative estimate of drug-likeness (QED) is 0.413. The third-order valence-electron chi connectivity index (χ3n) is 3.76. The fraction of sp³-hybridized carbons (Fsp3) is 1.00. The maximum Gasteiger partial charge on any atom is 0.271 e. The molecule has 2 N–H and O–H groups in total. The first-order valence-electron chi connectivity index (χ1n) is 5.30. The van der Waals surface area contributed by atoms with E-state index in [0.717, 1.165) is 0 Å². The van der Waals surface area contributed by atoms with Gasteiger partial charge in [0.2, 0.25) is 5.79 Å². The molecule has 15 heavy (non-hydrogen) atoms. The van der Waals surface area contributed by atoms with Crippen LogP contribution in [0.3, 0.4) is 0 Å². The molecule has 0 spiro atoms. The Bertz CT molecular complexity index is 264. The Kier molecular flexibility index (Phi) is 3.07. The number of hydrogen-bond donors (Lipinski definition) is 2. The lowest BCUT2D eigenvalue weighted by atomic mass is 9.70. The summed E-state index contributed by atoms with van der Waals surface area (Å²) in [7, 11) is 0. The van der Waals surface area contributed by atoms with E-state index >= 15 is 0 Å². The molecule has 1 aliphatic carbocycles. The highest BCUT2D eigenvalue weighted by Gasteiger charge is 2.59. The van der Waals surface area contributed by atoms with Gasteiger partial charge < -0.3 is 10.2 Å². The lowest BCUT2D eigenvalue weighted by Gasteiger charge is -2.42. The molecule has 0 radical (unpaired) electrons. The molecule has 2 unspecified atom stereocenters. The first kappa shape index (κ1) is 12.4. The Morgan fingerprint density at radius 3 is 2.33 bits per heavy atom. The van der Waals surface area contributed by atoms with Crippen LogP contribution in [0.4, 0.5) is 0 Å². The van der Waals surface area contributed by atoms with Gasteiger partial charge in [-0.15, -0.1) is 0 Å². The summed E-state index contributed by atoms with van der Waals surface area (Å²) in [6.07, 6.45) is 0.982. The van der Waals surface area contributed by atoms with Crippen molar-refractivity contribution < 1.29 is 15.1 Å². The summed E-state index contributed by atoms with van der Waals surface area (Å²) in [6.45, 7) is 5.30. The summed E-state index contributed by atoms with van der Waals surface area (Å²) < 4.78 is 0. The zero-order valence-corrected chi connectivity index (χ0v) is 9.43. The second-order valence-corrected chi connectivity index (χ2v) is 5.09. The molecule has 0 aromatic carbocycles. The van der Waals surface area contributed by atoms with Gasteiger partial charge in [0.05, 0.1) is 0 Å². The van der Waals surface area contributed by atoms with Crippen molar-refractivity contribution in [3.63, 3.8) is 0 Å². The third kappa shape index (κ3) is 1.99. The highest BCUT2D eigenvalue weighted by Crippen LogP contribution is 2.42. The van der Waals surface area contributed by atoms with Crippen LogP contribution in [0.25, 0.3) is 0 Å². The van der Waals surface area contributed by atoms with Gasteiger partial charge in [0.25, 0.3) is 5.54 Å². The Labute approximate surface area is 89.3 Å². The van der Waals surface area contributed by atoms with E-state index in [0.29, 0.717) is 12.3 Å². The van der Waals surface area contributed by atoms with E-state index in [1.54, 1.807) is 0 Å². The van der Waals surface area contributed by atoms with Crippen LogP contribution in [-0.4, -0.2) is 26.5 Å². The predicted octanol–water partition coefficient (Wildman–Crippen LogP) is 1.16. The Balaban J connectivity index is 2.88. The van der Waals surface area contributed by atoms with Gasteiger partial charge in [0.1, 0.15) is 0 Å². The van der Waals surface area contributed by atoms with Crippen molar-refractivity contribution in [1.82, 2.24) is 0 Å². The summed E-state index contributed by atoms with van der Waals surface area (Å²) >= 11 is 0. The average molecular weight is 217 g/mol. The van der Waals surface area contributed by atoms with Crippen molar-refractivity contribution in [2.75, 3.05) is 0 Å². The molecule has 88 valence electrons. The van der Waals surface area contributed by atoms with Gasteiger partial charge in [-0.25, -0.2) is 0 Å². The molecular formula is C10H19NO4. The molecule has 5 nitrogen and oxygen atoms in total. The molecule has 1 rings (SSSR count). The van der Waals surface area contributed by atoms with Crippen molar-refractivity contribution in [2.45, 2.75) is 51.4 Å². The Morgan fingerprint density at radius 2 is 2.00 bits per heavy atom. The standard InChI is InChI=1S/C10H19NO4/c1-7(2)8-4-5-9(3,11(14)15)10(12,13)6-8/h7-8,12-13H,4-6H2,1-3H3. The van der Waals surface area contributed by atoms with Gasteiger partial charge in [0.15, 0.2) is 0 Å². The predicted molar refractivity (Wildman–Crippen MR) is 54.7 cm³/mol. The van der Waals surface area contributed by atoms with Crippen LogP contribution < -0.4 is 0 Å². The van der Waals surface area contributed by atoms with E-state index in [4.69, 9.17) is 0 Å². The summed E-state index contributed by atoms with van der Waals surface area (Å²) in [5, 5.41) is 30.4. The fourth-order valence-electron chi connectivity index (χ4n) is 2.16. The molecule has 5 heteroatoms. The van der Waals surface area contributed by atoms with Crippen LogP contribution in [0.5, 0.6) is 0 Å². The minimum absolute atomic E-state index is 0.0855. The van der Waals surface area contributed by atoms with Crippen LogP contribution in [0, 0.1) is 22.0 Å². The van der Waals surface area contributed by atoms with Crippen LogP contribution in [0.2, 0.25) is 0 Å². The van der Waals surface area contributed by atoms with E-state index in [-0.39, 0.29) is 18.8 Å². The summed E-state index contributed by atoms with van der Waals surface area (Å²) in [5.74, 6) is -1.73. The lowest BCUT2D eigenvalue weighted by Crippen LogP contribution is -2.61. The largest absolute Gasteiger partial charge is 0.360 e. The molecule has 0 aromatic heterocycles. The zero-order valence-electron chi connectivity index (χ0n) is 9.43. The summed E-state index contributed by atoms with van der Waals surface area (Å²) in [6, 6.07) is 0. The number of rotatable bonds is 2. The van der Waals surface area contributed by atoms with E-state index in [1.165, 1.54) is 6.92 Å². The molecule has 0 saturated heterocycles. The molecule has 0 heterocycles. The Hall–Kier alpha value is -0.680. The number of hydrogen-bond acceptors (Lipinski definition) is 4. The van der Waals surface area contributed by atoms with Crippen LogP contribution in [-0.2, 0) is 0 Å². The molecular weight excluding hydrogens is 198 g/mol. The minimum atomic E-state index is -2.19. The second-order valence-electron chi connectivity index (χ2n) is 5.09. The van der Waals surface area contributed by atoms with Gasteiger partial charge in [-0.2, -0.15) is 0 Å². The summed E-state index contributed by atoms with van der Waals surface area (Å²) in [4.78, 5) is 10.3. The van der Waals surface area contributed by atoms with Crippen molar-refractivity contribution in [3.05, 3.63) is 10.1 Å². The van der Waals surface area contributed by atoms with Crippen LogP contribution in [0.15, 0.2) is 0 Å². The molecule has 1 saturated carbocycles. The van der Waals surface area contributed by atoms with Gasteiger partial charge in [-0.3, -0.25) is 10.1 Å². The number of nitro groups is 1. The normalized spacial score (nSPS) is 35.5. The van der Waals surface area contributed by atoms with E-state index in [2.05, 4.69) is 0 Å². The SMILES string of the molecule is CC(C)C1CCC(C)([N+](=O)[O-])C(O)(O)C1. The Morgan fingerprint density at radius 1 is 1.47 bits per heavy atom. The van der Waals surface area contributed by atoms with Crippen molar-refractivity contribution in [2.24, 2.45) is 11.8 Å². The highest BCUT2D eigenvalue weighted by atomic mass is 16.6. The topological polar surface area (TPSA) is 83.6 Å². The van der Waals surface area contributed by atoms with Crippen molar-refractivity contribution in [1.29, 1.82) is 0 Å². The van der Waals surface area contributed by atoms with Gasteiger partial charge in [0, 0.05) is 24.7 Å². The highest BCUT2D eigenvalue weighted by molar-refractivity contribution is 4.95. The van der Waals surface area contributed by atoms with E-state index < -0.39 is 16.2 Å². The molecule has 0 bridgehead atoms. The van der Waals surface area contributed by atoms with Crippen LogP contribution >= 0.6 is 0 Å².